The minimum absolute atomic E-state index is 0.0136. The lowest BCUT2D eigenvalue weighted by Crippen LogP contribution is -2.37. The fraction of sp³-hybridized carbons (Fsp3) is 0.429. The molecule has 1 atom stereocenters. The molecule has 132 valence electrons. The van der Waals surface area contributed by atoms with Crippen LogP contribution in [-0.2, 0) is 12.8 Å². The lowest BCUT2D eigenvalue weighted by atomic mass is 9.95. The molecule has 4 heteroatoms. The summed E-state index contributed by atoms with van der Waals surface area (Å²) >= 11 is 0. The number of carbonyl (C=O) groups excluding carboxylic acids is 1. The number of amides is 1. The van der Waals surface area contributed by atoms with Gasteiger partial charge in [-0.1, -0.05) is 30.3 Å². The molecule has 2 aromatic rings. The zero-order valence-corrected chi connectivity index (χ0v) is 15.4. The minimum atomic E-state index is 0.0136. The van der Waals surface area contributed by atoms with Crippen LogP contribution in [-0.4, -0.2) is 48.4 Å². The number of rotatable bonds is 5. The summed E-state index contributed by atoms with van der Waals surface area (Å²) in [6.45, 7) is 0.782. The molecule has 0 aliphatic heterocycles. The Morgan fingerprint density at radius 3 is 2.56 bits per heavy atom. The number of aryl methyl sites for hydroxylation is 2. The van der Waals surface area contributed by atoms with Crippen LogP contribution in [0.1, 0.15) is 46.1 Å². The Hall–Kier alpha value is -2.20. The Bertz CT molecular complexity index is 727. The summed E-state index contributed by atoms with van der Waals surface area (Å²) in [5.74, 6) is 0.0385. The molecule has 0 saturated heterocycles. The van der Waals surface area contributed by atoms with Gasteiger partial charge in [0.2, 0.25) is 0 Å². The first kappa shape index (κ1) is 17.6. The maximum atomic E-state index is 13.1. The quantitative estimate of drug-likeness (QED) is 0.840. The molecule has 4 nitrogen and oxygen atoms in total. The first-order chi connectivity index (χ1) is 12.1. The molecule has 1 aliphatic carbocycles. The highest BCUT2D eigenvalue weighted by Crippen LogP contribution is 2.24. The second-order valence-corrected chi connectivity index (χ2v) is 7.14. The van der Waals surface area contributed by atoms with Crippen molar-refractivity contribution in [1.29, 1.82) is 0 Å². The van der Waals surface area contributed by atoms with Gasteiger partial charge in [0.25, 0.3) is 5.91 Å². The van der Waals surface area contributed by atoms with Gasteiger partial charge in [0.05, 0.1) is 11.6 Å². The highest BCUT2D eigenvalue weighted by atomic mass is 16.2. The van der Waals surface area contributed by atoms with Crippen molar-refractivity contribution in [3.8, 4) is 0 Å². The summed E-state index contributed by atoms with van der Waals surface area (Å²) in [5.41, 5.74) is 4.26. The number of fused-ring (bicyclic) bond motifs is 1. The van der Waals surface area contributed by atoms with E-state index in [0.29, 0.717) is 5.56 Å². The lowest BCUT2D eigenvalue weighted by Gasteiger charge is -2.31. The Morgan fingerprint density at radius 1 is 1.12 bits per heavy atom. The first-order valence-corrected chi connectivity index (χ1v) is 9.01. The fourth-order valence-electron chi connectivity index (χ4n) is 3.52. The SMILES string of the molecule is CN(C)C[C@H](c1ccccc1)N(C)C(=O)c1cnc2c(c1)CCCC2. The van der Waals surface area contributed by atoms with E-state index in [1.54, 1.807) is 6.20 Å². The number of hydrogen-bond acceptors (Lipinski definition) is 3. The van der Waals surface area contributed by atoms with Crippen LogP contribution in [0.2, 0.25) is 0 Å². The van der Waals surface area contributed by atoms with Crippen molar-refractivity contribution in [1.82, 2.24) is 14.8 Å². The average Bonchev–Trinajstić information content (AvgIpc) is 2.65. The second-order valence-electron chi connectivity index (χ2n) is 7.14. The molecule has 1 aliphatic rings. The predicted molar refractivity (Wildman–Crippen MR) is 101 cm³/mol. The molecule has 1 heterocycles. The number of pyridine rings is 1. The van der Waals surface area contributed by atoms with Gasteiger partial charge in [0.15, 0.2) is 0 Å². The third kappa shape index (κ3) is 4.07. The van der Waals surface area contributed by atoms with Crippen LogP contribution >= 0.6 is 0 Å². The van der Waals surface area contributed by atoms with Crippen LogP contribution in [0.4, 0.5) is 0 Å². The molecule has 25 heavy (non-hydrogen) atoms. The molecule has 0 saturated carbocycles. The van der Waals surface area contributed by atoms with Crippen LogP contribution in [0, 0.1) is 0 Å². The highest BCUT2D eigenvalue weighted by molar-refractivity contribution is 5.94. The van der Waals surface area contributed by atoms with Crippen LogP contribution in [0.5, 0.6) is 0 Å². The molecule has 0 radical (unpaired) electrons. The summed E-state index contributed by atoms with van der Waals surface area (Å²) in [7, 11) is 5.96. The van der Waals surface area contributed by atoms with E-state index in [0.717, 1.165) is 24.9 Å². The molecular formula is C21H27N3O. The molecule has 0 N–H and O–H groups in total. The van der Waals surface area contributed by atoms with Crippen molar-refractivity contribution in [3.63, 3.8) is 0 Å². The normalized spacial score (nSPS) is 14.9. The van der Waals surface area contributed by atoms with E-state index in [2.05, 4.69) is 28.1 Å². The van der Waals surface area contributed by atoms with Crippen molar-refractivity contribution < 1.29 is 4.79 Å². The molecule has 0 spiro atoms. The van der Waals surface area contributed by atoms with Crippen molar-refractivity contribution in [2.24, 2.45) is 0 Å². The monoisotopic (exact) mass is 337 g/mol. The summed E-state index contributed by atoms with van der Waals surface area (Å²) < 4.78 is 0. The largest absolute Gasteiger partial charge is 0.333 e. The molecule has 3 rings (SSSR count). The Kier molecular flexibility index (Phi) is 5.49. The third-order valence-corrected chi connectivity index (χ3v) is 4.93. The summed E-state index contributed by atoms with van der Waals surface area (Å²) in [5, 5.41) is 0. The van der Waals surface area contributed by atoms with Crippen molar-refractivity contribution in [3.05, 3.63) is 65.0 Å². The maximum absolute atomic E-state index is 13.1. The van der Waals surface area contributed by atoms with E-state index in [1.165, 1.54) is 24.1 Å². The Balaban J connectivity index is 1.86. The highest BCUT2D eigenvalue weighted by Gasteiger charge is 2.24. The van der Waals surface area contributed by atoms with Gasteiger partial charge in [-0.2, -0.15) is 0 Å². The maximum Gasteiger partial charge on any atom is 0.255 e. The molecule has 1 aromatic heterocycles. The molecular weight excluding hydrogens is 310 g/mol. The number of aromatic nitrogens is 1. The molecule has 0 bridgehead atoms. The van der Waals surface area contributed by atoms with Gasteiger partial charge in [0, 0.05) is 25.5 Å². The van der Waals surface area contributed by atoms with E-state index >= 15 is 0 Å². The zero-order chi connectivity index (χ0) is 17.8. The topological polar surface area (TPSA) is 36.4 Å². The predicted octanol–water partition coefficient (Wildman–Crippen LogP) is 3.34. The molecule has 0 fully saturated rings. The standard InChI is InChI=1S/C21H27N3O/c1-23(2)15-20(16-9-5-4-6-10-16)24(3)21(25)18-13-17-11-7-8-12-19(17)22-14-18/h4-6,9-10,13-14,20H,7-8,11-12,15H2,1-3H3/t20-/m1/s1. The third-order valence-electron chi connectivity index (χ3n) is 4.93. The van der Waals surface area contributed by atoms with Gasteiger partial charge >= 0.3 is 0 Å². The Labute approximate surface area is 150 Å². The molecule has 1 amide bonds. The van der Waals surface area contributed by atoms with Gasteiger partial charge in [-0.15, -0.1) is 0 Å². The van der Waals surface area contributed by atoms with Gasteiger partial charge in [-0.25, -0.2) is 0 Å². The van der Waals surface area contributed by atoms with Crippen LogP contribution in [0.3, 0.4) is 0 Å². The van der Waals surface area contributed by atoms with Crippen LogP contribution < -0.4 is 0 Å². The zero-order valence-electron chi connectivity index (χ0n) is 15.4. The number of likely N-dealkylation sites (N-methyl/N-ethyl adjacent to an activating group) is 2. The summed E-state index contributed by atoms with van der Waals surface area (Å²) in [6.07, 6.45) is 6.21. The van der Waals surface area contributed by atoms with Crippen molar-refractivity contribution >= 4 is 5.91 Å². The second kappa shape index (κ2) is 7.79. The number of nitrogens with zero attached hydrogens (tertiary/aromatic N) is 3. The first-order valence-electron chi connectivity index (χ1n) is 9.01. The average molecular weight is 337 g/mol. The number of benzene rings is 1. The lowest BCUT2D eigenvalue weighted by molar-refractivity contribution is 0.0704. The van der Waals surface area contributed by atoms with E-state index in [-0.39, 0.29) is 11.9 Å². The van der Waals surface area contributed by atoms with Gasteiger partial charge in [0.1, 0.15) is 0 Å². The number of hydrogen-bond donors (Lipinski definition) is 0. The molecule has 0 unspecified atom stereocenters. The summed E-state index contributed by atoms with van der Waals surface area (Å²) in [6, 6.07) is 12.3. The Morgan fingerprint density at radius 2 is 1.84 bits per heavy atom. The van der Waals surface area contributed by atoms with E-state index < -0.39 is 0 Å². The summed E-state index contributed by atoms with van der Waals surface area (Å²) in [4.78, 5) is 21.6. The van der Waals surface area contributed by atoms with Gasteiger partial charge in [-0.05, 0) is 57.0 Å². The van der Waals surface area contributed by atoms with Gasteiger partial charge in [-0.3, -0.25) is 9.78 Å². The van der Waals surface area contributed by atoms with E-state index in [9.17, 15) is 4.79 Å². The van der Waals surface area contributed by atoms with E-state index in [1.807, 2.05) is 44.2 Å². The fourth-order valence-corrected chi connectivity index (χ4v) is 3.52. The minimum Gasteiger partial charge on any atom is -0.333 e. The van der Waals surface area contributed by atoms with Gasteiger partial charge < -0.3 is 9.80 Å². The van der Waals surface area contributed by atoms with Crippen molar-refractivity contribution in [2.75, 3.05) is 27.7 Å². The number of carbonyl (C=O) groups is 1. The van der Waals surface area contributed by atoms with E-state index in [4.69, 9.17) is 0 Å². The molecule has 1 aromatic carbocycles. The van der Waals surface area contributed by atoms with Crippen LogP contribution in [0.25, 0.3) is 0 Å². The van der Waals surface area contributed by atoms with Crippen LogP contribution in [0.15, 0.2) is 42.6 Å². The smallest absolute Gasteiger partial charge is 0.255 e. The van der Waals surface area contributed by atoms with Crippen molar-refractivity contribution in [2.45, 2.75) is 31.7 Å².